The molecule has 1 aliphatic carbocycles. The summed E-state index contributed by atoms with van der Waals surface area (Å²) in [6.07, 6.45) is 10.3. The normalized spacial score (nSPS) is 14.7. The number of nitrogens with zero attached hydrogens (tertiary/aromatic N) is 2. The molecule has 1 saturated carbocycles. The monoisotopic (exact) mass is 404 g/mol. The highest BCUT2D eigenvalue weighted by Crippen LogP contribution is 2.21. The molecule has 30 heavy (non-hydrogen) atoms. The summed E-state index contributed by atoms with van der Waals surface area (Å²) in [7, 11) is 0. The first kappa shape index (κ1) is 20.0. The number of halogens is 1. The van der Waals surface area contributed by atoms with Gasteiger partial charge in [0.2, 0.25) is 5.95 Å². The molecule has 1 amide bonds. The molecule has 0 atom stereocenters. The molecule has 3 aromatic rings. The second kappa shape index (κ2) is 9.48. The largest absolute Gasteiger partial charge is 0.349 e. The molecule has 0 unspecified atom stereocenters. The predicted molar refractivity (Wildman–Crippen MR) is 116 cm³/mol. The van der Waals surface area contributed by atoms with Gasteiger partial charge >= 0.3 is 0 Å². The van der Waals surface area contributed by atoms with Crippen LogP contribution in [0.1, 0.15) is 48.9 Å². The van der Waals surface area contributed by atoms with E-state index >= 15 is 0 Å². The van der Waals surface area contributed by atoms with Crippen LogP contribution in [0, 0.1) is 5.82 Å². The summed E-state index contributed by atoms with van der Waals surface area (Å²) < 4.78 is 13.4. The minimum Gasteiger partial charge on any atom is -0.349 e. The van der Waals surface area contributed by atoms with Crippen LogP contribution in [0.2, 0.25) is 0 Å². The number of nitrogens with one attached hydrogen (secondary N) is 2. The van der Waals surface area contributed by atoms with E-state index in [0.29, 0.717) is 11.5 Å². The molecule has 1 fully saturated rings. The van der Waals surface area contributed by atoms with Crippen LogP contribution in [0.15, 0.2) is 60.9 Å². The molecule has 1 heterocycles. The van der Waals surface area contributed by atoms with E-state index in [9.17, 15) is 9.18 Å². The Morgan fingerprint density at radius 2 is 1.60 bits per heavy atom. The van der Waals surface area contributed by atoms with Crippen molar-refractivity contribution in [3.8, 4) is 11.1 Å². The maximum absolute atomic E-state index is 13.4. The molecular formula is C24H25FN4O. The fourth-order valence-corrected chi connectivity index (χ4v) is 3.74. The van der Waals surface area contributed by atoms with Gasteiger partial charge in [0.15, 0.2) is 0 Å². The van der Waals surface area contributed by atoms with Crippen LogP contribution in [-0.4, -0.2) is 21.9 Å². The number of benzene rings is 2. The zero-order valence-electron chi connectivity index (χ0n) is 16.8. The minimum absolute atomic E-state index is 0.0239. The highest BCUT2D eigenvalue weighted by atomic mass is 19.1. The van der Waals surface area contributed by atoms with Crippen LogP contribution in [0.4, 0.5) is 16.0 Å². The minimum atomic E-state index is -0.294. The van der Waals surface area contributed by atoms with Gasteiger partial charge in [0.05, 0.1) is 0 Å². The van der Waals surface area contributed by atoms with E-state index < -0.39 is 0 Å². The standard InChI is InChI=1S/C24H25FN4O/c25-20-7-5-6-18(14-20)19-15-26-24(27-16-19)29-22-12-10-17(11-13-22)23(30)28-21-8-3-1-2-4-9-21/h5-7,10-16,21H,1-4,8-9H2,(H,28,30)(H,26,27,29). The fourth-order valence-electron chi connectivity index (χ4n) is 3.74. The van der Waals surface area contributed by atoms with Gasteiger partial charge in [-0.3, -0.25) is 4.79 Å². The van der Waals surface area contributed by atoms with Gasteiger partial charge in [-0.2, -0.15) is 0 Å². The SMILES string of the molecule is O=C(NC1CCCCCC1)c1ccc(Nc2ncc(-c3cccc(F)c3)cn2)cc1. The quantitative estimate of drug-likeness (QED) is 0.553. The van der Waals surface area contributed by atoms with Gasteiger partial charge in [0.25, 0.3) is 5.91 Å². The molecule has 4 rings (SSSR count). The van der Waals surface area contributed by atoms with Crippen molar-refractivity contribution >= 4 is 17.5 Å². The maximum atomic E-state index is 13.4. The fraction of sp³-hybridized carbons (Fsp3) is 0.292. The number of hydrogen-bond acceptors (Lipinski definition) is 4. The Balaban J connectivity index is 1.36. The maximum Gasteiger partial charge on any atom is 0.251 e. The molecule has 0 saturated heterocycles. The summed E-state index contributed by atoms with van der Waals surface area (Å²) in [5.74, 6) is 0.118. The summed E-state index contributed by atoms with van der Waals surface area (Å²) in [6.45, 7) is 0. The first-order valence-electron chi connectivity index (χ1n) is 10.4. The van der Waals surface area contributed by atoms with Crippen molar-refractivity contribution in [1.29, 1.82) is 0 Å². The van der Waals surface area contributed by atoms with Gasteiger partial charge in [-0.1, -0.05) is 37.8 Å². The van der Waals surface area contributed by atoms with Crippen LogP contribution in [-0.2, 0) is 0 Å². The molecule has 2 aromatic carbocycles. The molecule has 6 heteroatoms. The van der Waals surface area contributed by atoms with Gasteiger partial charge in [-0.05, 0) is 54.8 Å². The third-order valence-electron chi connectivity index (χ3n) is 5.40. The second-order valence-corrected chi connectivity index (χ2v) is 7.67. The molecule has 1 aliphatic rings. The van der Waals surface area contributed by atoms with Crippen LogP contribution in [0.3, 0.4) is 0 Å². The van der Waals surface area contributed by atoms with Gasteiger partial charge in [-0.25, -0.2) is 14.4 Å². The Hall–Kier alpha value is -3.28. The lowest BCUT2D eigenvalue weighted by molar-refractivity contribution is 0.0933. The summed E-state index contributed by atoms with van der Waals surface area (Å²) in [5.41, 5.74) is 2.91. The molecule has 154 valence electrons. The van der Waals surface area contributed by atoms with Gasteiger partial charge in [0, 0.05) is 35.2 Å². The lowest BCUT2D eigenvalue weighted by atomic mass is 10.1. The summed E-state index contributed by atoms with van der Waals surface area (Å²) in [5, 5.41) is 6.28. The topological polar surface area (TPSA) is 66.9 Å². The summed E-state index contributed by atoms with van der Waals surface area (Å²) in [4.78, 5) is 21.1. The molecule has 2 N–H and O–H groups in total. The molecule has 0 spiro atoms. The van der Waals surface area contributed by atoms with Gasteiger partial charge in [-0.15, -0.1) is 0 Å². The van der Waals surface area contributed by atoms with E-state index in [2.05, 4.69) is 20.6 Å². The van der Waals surface area contributed by atoms with Crippen LogP contribution < -0.4 is 10.6 Å². The van der Waals surface area contributed by atoms with Crippen molar-refractivity contribution in [1.82, 2.24) is 15.3 Å². The molecule has 0 aliphatic heterocycles. The first-order chi connectivity index (χ1) is 14.7. The van der Waals surface area contributed by atoms with Crippen molar-refractivity contribution in [2.24, 2.45) is 0 Å². The van der Waals surface area contributed by atoms with E-state index in [-0.39, 0.29) is 17.8 Å². The van der Waals surface area contributed by atoms with Crippen molar-refractivity contribution in [3.05, 3.63) is 72.3 Å². The molecule has 1 aromatic heterocycles. The van der Waals surface area contributed by atoms with Crippen LogP contribution >= 0.6 is 0 Å². The van der Waals surface area contributed by atoms with Crippen molar-refractivity contribution < 1.29 is 9.18 Å². The first-order valence-corrected chi connectivity index (χ1v) is 10.4. The number of carbonyl (C=O) groups excluding carboxylic acids is 1. The molecular weight excluding hydrogens is 379 g/mol. The average Bonchev–Trinajstić information content (AvgIpc) is 3.03. The Kier molecular flexibility index (Phi) is 6.32. The van der Waals surface area contributed by atoms with Crippen LogP contribution in [0.5, 0.6) is 0 Å². The Morgan fingerprint density at radius 3 is 2.27 bits per heavy atom. The number of anilines is 2. The van der Waals surface area contributed by atoms with Crippen molar-refractivity contribution in [2.45, 2.75) is 44.6 Å². The highest BCUT2D eigenvalue weighted by molar-refractivity contribution is 5.94. The third-order valence-corrected chi connectivity index (χ3v) is 5.40. The van der Waals surface area contributed by atoms with E-state index in [1.807, 2.05) is 18.2 Å². The number of amides is 1. The zero-order valence-corrected chi connectivity index (χ0v) is 16.8. The number of carbonyl (C=O) groups is 1. The average molecular weight is 404 g/mol. The Bertz CT molecular complexity index is 981. The number of aromatic nitrogens is 2. The predicted octanol–water partition coefficient (Wildman–Crippen LogP) is 5.48. The Labute approximate surface area is 175 Å². The lowest BCUT2D eigenvalue weighted by Gasteiger charge is -2.16. The van der Waals surface area contributed by atoms with E-state index in [1.54, 1.807) is 30.6 Å². The lowest BCUT2D eigenvalue weighted by Crippen LogP contribution is -2.34. The molecule has 0 radical (unpaired) electrons. The molecule has 0 bridgehead atoms. The van der Waals surface area contributed by atoms with Crippen molar-refractivity contribution in [2.75, 3.05) is 5.32 Å². The van der Waals surface area contributed by atoms with E-state index in [0.717, 1.165) is 29.7 Å². The number of rotatable bonds is 5. The van der Waals surface area contributed by atoms with Gasteiger partial charge in [0.1, 0.15) is 5.82 Å². The van der Waals surface area contributed by atoms with Gasteiger partial charge < -0.3 is 10.6 Å². The van der Waals surface area contributed by atoms with E-state index in [1.165, 1.54) is 37.8 Å². The van der Waals surface area contributed by atoms with Crippen molar-refractivity contribution in [3.63, 3.8) is 0 Å². The molecule has 5 nitrogen and oxygen atoms in total. The number of hydrogen-bond donors (Lipinski definition) is 2. The van der Waals surface area contributed by atoms with E-state index in [4.69, 9.17) is 0 Å². The highest BCUT2D eigenvalue weighted by Gasteiger charge is 2.15. The summed E-state index contributed by atoms with van der Waals surface area (Å²) >= 11 is 0. The van der Waals surface area contributed by atoms with Crippen LogP contribution in [0.25, 0.3) is 11.1 Å². The third kappa shape index (κ3) is 5.20. The zero-order chi connectivity index (χ0) is 20.8. The smallest absolute Gasteiger partial charge is 0.251 e. The Morgan fingerprint density at radius 1 is 0.900 bits per heavy atom. The summed E-state index contributed by atoms with van der Waals surface area (Å²) in [6, 6.07) is 13.9. The second-order valence-electron chi connectivity index (χ2n) is 7.67.